The molecule has 0 saturated carbocycles. The van der Waals surface area contributed by atoms with Gasteiger partial charge in [-0.15, -0.1) is 0 Å². The largest absolute Gasteiger partial charge is 0.433 e. The van der Waals surface area contributed by atoms with Crippen molar-refractivity contribution in [3.63, 3.8) is 0 Å². The first-order valence-electron chi connectivity index (χ1n) is 8.05. The molecule has 134 valence electrons. The van der Waals surface area contributed by atoms with Gasteiger partial charge in [0.05, 0.1) is 11.7 Å². The fourth-order valence-electron chi connectivity index (χ4n) is 2.92. The number of benzene rings is 1. The van der Waals surface area contributed by atoms with Crippen molar-refractivity contribution in [1.82, 2.24) is 4.90 Å². The average molecular weight is 341 g/mol. The number of para-hydroxylation sites is 2. The Hall–Kier alpha value is -1.73. The van der Waals surface area contributed by atoms with Gasteiger partial charge in [0.2, 0.25) is 5.91 Å². The Labute approximate surface area is 141 Å². The van der Waals surface area contributed by atoms with Gasteiger partial charge in [0, 0.05) is 19.1 Å². The first-order valence-corrected chi connectivity index (χ1v) is 8.05. The monoisotopic (exact) mass is 341 g/mol. The molecule has 1 aromatic rings. The number of rotatable bonds is 5. The molecule has 1 aliphatic heterocycles. The zero-order valence-corrected chi connectivity index (χ0v) is 14.3. The molecule has 1 amide bonds. The molecule has 1 fully saturated rings. The highest BCUT2D eigenvalue weighted by Crippen LogP contribution is 2.30. The van der Waals surface area contributed by atoms with Crippen LogP contribution < -0.4 is 15.8 Å². The van der Waals surface area contributed by atoms with Gasteiger partial charge in [-0.1, -0.05) is 26.0 Å². The molecule has 5 nitrogen and oxygen atoms in total. The summed E-state index contributed by atoms with van der Waals surface area (Å²) in [6.45, 7) is 4.47. The Balaban J connectivity index is 2.05. The molecule has 1 aromatic carbocycles. The second-order valence-electron chi connectivity index (χ2n) is 6.89. The maximum absolute atomic E-state index is 12.5. The lowest BCUT2D eigenvalue weighted by Gasteiger charge is -2.44. The quantitative estimate of drug-likeness (QED) is 0.864. The maximum atomic E-state index is 12.5. The van der Waals surface area contributed by atoms with Crippen LogP contribution in [-0.4, -0.2) is 42.6 Å². The molecule has 0 aromatic heterocycles. The Bertz CT molecular complexity index is 581. The van der Waals surface area contributed by atoms with Crippen LogP contribution in [0.5, 0.6) is 5.75 Å². The summed E-state index contributed by atoms with van der Waals surface area (Å²) in [5.74, 6) is -0.305. The van der Waals surface area contributed by atoms with Crippen molar-refractivity contribution < 1.29 is 18.3 Å². The molecule has 0 radical (unpaired) electrons. The molecule has 2 atom stereocenters. The van der Waals surface area contributed by atoms with E-state index in [1.807, 2.05) is 0 Å². The third-order valence-electron chi connectivity index (χ3n) is 4.63. The van der Waals surface area contributed by atoms with E-state index in [0.29, 0.717) is 6.54 Å². The number of nitrogens with zero attached hydrogens (tertiary/aromatic N) is 1. The van der Waals surface area contributed by atoms with Crippen molar-refractivity contribution in [2.45, 2.75) is 45.9 Å². The molecule has 1 aliphatic rings. The normalized spacial score (nSPS) is 22.2. The first kappa shape index (κ1) is 18.6. The summed E-state index contributed by atoms with van der Waals surface area (Å²) < 4.78 is 29.3. The van der Waals surface area contributed by atoms with Crippen molar-refractivity contribution >= 4 is 11.6 Å². The average Bonchev–Trinajstić information content (AvgIpc) is 2.50. The van der Waals surface area contributed by atoms with Crippen LogP contribution in [0.15, 0.2) is 24.3 Å². The summed E-state index contributed by atoms with van der Waals surface area (Å²) in [5.41, 5.74) is 6.28. The minimum absolute atomic E-state index is 0.0472. The number of nitrogens with one attached hydrogen (secondary N) is 1. The summed E-state index contributed by atoms with van der Waals surface area (Å²) in [6.07, 6.45) is 0.815. The van der Waals surface area contributed by atoms with Crippen molar-refractivity contribution in [2.75, 3.05) is 18.4 Å². The number of hydrogen-bond donors (Lipinski definition) is 2. The van der Waals surface area contributed by atoms with Gasteiger partial charge in [0.15, 0.2) is 0 Å². The van der Waals surface area contributed by atoms with Gasteiger partial charge >= 0.3 is 6.61 Å². The van der Waals surface area contributed by atoms with Gasteiger partial charge in [-0.3, -0.25) is 9.69 Å². The van der Waals surface area contributed by atoms with Gasteiger partial charge in [-0.05, 0) is 30.9 Å². The summed E-state index contributed by atoms with van der Waals surface area (Å²) in [7, 11) is 0. The molecule has 1 heterocycles. The minimum atomic E-state index is -2.94. The molecule has 3 N–H and O–H groups in total. The molecule has 7 heteroatoms. The fraction of sp³-hybridized carbons (Fsp3) is 0.588. The zero-order chi connectivity index (χ0) is 17.9. The SMILES string of the molecule is CC(C(=O)Nc1ccccc1OC(F)F)N1CCC(N)C(C)(C)C1. The van der Waals surface area contributed by atoms with Crippen molar-refractivity contribution in [1.29, 1.82) is 0 Å². The number of nitrogens with two attached hydrogens (primary N) is 1. The number of anilines is 1. The summed E-state index contributed by atoms with van der Waals surface area (Å²) in [6, 6.07) is 5.88. The van der Waals surface area contributed by atoms with E-state index >= 15 is 0 Å². The van der Waals surface area contributed by atoms with Crippen LogP contribution in [-0.2, 0) is 4.79 Å². The lowest BCUT2D eigenvalue weighted by Crippen LogP contribution is -2.56. The number of ether oxygens (including phenoxy) is 1. The summed E-state index contributed by atoms with van der Waals surface area (Å²) in [5, 5.41) is 2.68. The number of piperidine rings is 1. The number of hydrogen-bond acceptors (Lipinski definition) is 4. The number of carbonyl (C=O) groups excluding carboxylic acids is 1. The highest BCUT2D eigenvalue weighted by Gasteiger charge is 2.36. The highest BCUT2D eigenvalue weighted by molar-refractivity contribution is 5.95. The summed E-state index contributed by atoms with van der Waals surface area (Å²) in [4.78, 5) is 14.6. The molecular formula is C17H25F2N3O2. The van der Waals surface area contributed by atoms with Crippen LogP contribution in [0.4, 0.5) is 14.5 Å². The summed E-state index contributed by atoms with van der Waals surface area (Å²) >= 11 is 0. The third-order valence-corrected chi connectivity index (χ3v) is 4.63. The van der Waals surface area contributed by atoms with Crippen LogP contribution in [0, 0.1) is 5.41 Å². The fourth-order valence-corrected chi connectivity index (χ4v) is 2.92. The van der Waals surface area contributed by atoms with E-state index in [4.69, 9.17) is 5.73 Å². The van der Waals surface area contributed by atoms with Crippen LogP contribution in [0.2, 0.25) is 0 Å². The highest BCUT2D eigenvalue weighted by atomic mass is 19.3. The Morgan fingerprint density at radius 1 is 1.42 bits per heavy atom. The van der Waals surface area contributed by atoms with Crippen LogP contribution >= 0.6 is 0 Å². The van der Waals surface area contributed by atoms with E-state index in [0.717, 1.165) is 13.0 Å². The van der Waals surface area contributed by atoms with Crippen LogP contribution in [0.3, 0.4) is 0 Å². The number of alkyl halides is 2. The number of halogens is 2. The molecule has 0 bridgehead atoms. The lowest BCUT2D eigenvalue weighted by atomic mass is 9.79. The Kier molecular flexibility index (Phi) is 5.77. The maximum Gasteiger partial charge on any atom is 0.387 e. The van der Waals surface area contributed by atoms with Crippen LogP contribution in [0.1, 0.15) is 27.2 Å². The topological polar surface area (TPSA) is 67.6 Å². The molecular weight excluding hydrogens is 316 g/mol. The van der Waals surface area contributed by atoms with E-state index < -0.39 is 12.7 Å². The van der Waals surface area contributed by atoms with Gasteiger partial charge in [-0.2, -0.15) is 8.78 Å². The zero-order valence-electron chi connectivity index (χ0n) is 14.3. The molecule has 1 saturated heterocycles. The van der Waals surface area contributed by atoms with Gasteiger partial charge in [-0.25, -0.2) is 0 Å². The Morgan fingerprint density at radius 3 is 2.71 bits per heavy atom. The predicted molar refractivity (Wildman–Crippen MR) is 89.1 cm³/mol. The van der Waals surface area contributed by atoms with Crippen molar-refractivity contribution in [3.05, 3.63) is 24.3 Å². The van der Waals surface area contributed by atoms with E-state index in [1.54, 1.807) is 25.1 Å². The van der Waals surface area contributed by atoms with Gasteiger partial charge in [0.1, 0.15) is 5.75 Å². The third kappa shape index (κ3) is 4.42. The number of likely N-dealkylation sites (tertiary alicyclic amines) is 1. The molecule has 0 aliphatic carbocycles. The van der Waals surface area contributed by atoms with Crippen molar-refractivity contribution in [2.24, 2.45) is 11.1 Å². The van der Waals surface area contributed by atoms with Gasteiger partial charge in [0.25, 0.3) is 0 Å². The number of amides is 1. The second kappa shape index (κ2) is 7.44. The smallest absolute Gasteiger partial charge is 0.387 e. The van der Waals surface area contributed by atoms with Crippen LogP contribution in [0.25, 0.3) is 0 Å². The standard InChI is InChI=1S/C17H25F2N3O2/c1-11(22-9-8-14(20)17(2,3)10-22)15(23)21-12-6-4-5-7-13(12)24-16(18)19/h4-7,11,14,16H,8-10,20H2,1-3H3,(H,21,23). The van der Waals surface area contributed by atoms with E-state index in [-0.39, 0.29) is 28.8 Å². The van der Waals surface area contributed by atoms with Gasteiger partial charge < -0.3 is 15.8 Å². The molecule has 24 heavy (non-hydrogen) atoms. The molecule has 2 unspecified atom stereocenters. The second-order valence-corrected chi connectivity index (χ2v) is 6.89. The predicted octanol–water partition coefficient (Wildman–Crippen LogP) is 2.67. The van der Waals surface area contributed by atoms with Crippen molar-refractivity contribution in [3.8, 4) is 5.75 Å². The molecule has 2 rings (SSSR count). The molecule has 0 spiro atoms. The lowest BCUT2D eigenvalue weighted by molar-refractivity contribution is -0.122. The first-order chi connectivity index (χ1) is 11.2. The minimum Gasteiger partial charge on any atom is -0.433 e. The number of carbonyl (C=O) groups is 1. The van der Waals surface area contributed by atoms with E-state index in [9.17, 15) is 13.6 Å². The Morgan fingerprint density at radius 2 is 2.08 bits per heavy atom. The van der Waals surface area contributed by atoms with E-state index in [2.05, 4.69) is 28.8 Å². The van der Waals surface area contributed by atoms with E-state index in [1.165, 1.54) is 6.07 Å².